The molecule has 2 bridgehead atoms. The highest BCUT2D eigenvalue weighted by molar-refractivity contribution is 7.90. The van der Waals surface area contributed by atoms with Crippen molar-refractivity contribution >= 4 is 33.2 Å². The zero-order valence-electron chi connectivity index (χ0n) is 30.1. The number of sulfonamides is 1. The molecule has 0 radical (unpaired) electrons. The van der Waals surface area contributed by atoms with Crippen molar-refractivity contribution in [3.8, 4) is 5.75 Å². The summed E-state index contributed by atoms with van der Waals surface area (Å²) >= 11 is 6.49. The molecule has 0 unspecified atom stereocenters. The van der Waals surface area contributed by atoms with Crippen molar-refractivity contribution < 1.29 is 22.7 Å². The average Bonchev–Trinajstić information content (AvgIpc) is 3.25. The number of carbonyl (C=O) groups is 1. The molecule has 276 valence electrons. The molecule has 2 aliphatic carbocycles. The van der Waals surface area contributed by atoms with Crippen LogP contribution in [0.2, 0.25) is 5.02 Å². The maximum Gasteiger partial charge on any atom is 0.264 e. The number of allylic oxidation sites excluding steroid dienone is 1. The first-order valence-corrected chi connectivity index (χ1v) is 21.1. The van der Waals surface area contributed by atoms with Gasteiger partial charge in [-0.3, -0.25) is 14.6 Å². The van der Waals surface area contributed by atoms with E-state index >= 15 is 0 Å². The van der Waals surface area contributed by atoms with Gasteiger partial charge in [-0.05, 0) is 111 Å². The number of anilines is 1. The summed E-state index contributed by atoms with van der Waals surface area (Å²) in [7, 11) is -3.91. The van der Waals surface area contributed by atoms with Crippen LogP contribution >= 0.6 is 11.6 Å². The van der Waals surface area contributed by atoms with E-state index in [2.05, 4.69) is 43.7 Å². The molecule has 9 nitrogen and oxygen atoms in total. The number of piperazine rings is 1. The third-order valence-electron chi connectivity index (χ3n) is 13.2. The summed E-state index contributed by atoms with van der Waals surface area (Å²) in [6.07, 6.45) is 10.7. The fraction of sp³-hybridized carbons (Fsp3) is 0.625. The monoisotopic (exact) mass is 736 g/mol. The lowest BCUT2D eigenvalue weighted by molar-refractivity contribution is -0.0492. The molecular formula is C40H53ClN4O5S. The van der Waals surface area contributed by atoms with E-state index < -0.39 is 21.2 Å². The van der Waals surface area contributed by atoms with Crippen LogP contribution in [0.1, 0.15) is 67.4 Å². The van der Waals surface area contributed by atoms with Crippen molar-refractivity contribution in [1.82, 2.24) is 14.5 Å². The first-order chi connectivity index (χ1) is 24.6. The lowest BCUT2D eigenvalue weighted by Gasteiger charge is -2.48. The Balaban J connectivity index is 1.15. The summed E-state index contributed by atoms with van der Waals surface area (Å²) in [4.78, 5) is 21.3. The fourth-order valence-corrected chi connectivity index (χ4v) is 11.3. The van der Waals surface area contributed by atoms with Gasteiger partial charge in [0.1, 0.15) is 5.75 Å². The highest BCUT2D eigenvalue weighted by Crippen LogP contribution is 2.48. The van der Waals surface area contributed by atoms with Gasteiger partial charge in [0.25, 0.3) is 5.91 Å². The number of ether oxygens (including phenoxy) is 2. The fourth-order valence-electron chi connectivity index (χ4n) is 9.78. The molecule has 6 aliphatic rings. The number of morpholine rings is 1. The van der Waals surface area contributed by atoms with Crippen LogP contribution in [0.25, 0.3) is 0 Å². The van der Waals surface area contributed by atoms with Crippen LogP contribution in [0.4, 0.5) is 5.69 Å². The van der Waals surface area contributed by atoms with Gasteiger partial charge >= 0.3 is 0 Å². The summed E-state index contributed by atoms with van der Waals surface area (Å²) < 4.78 is 42.0. The lowest BCUT2D eigenvalue weighted by Crippen LogP contribution is -2.59. The van der Waals surface area contributed by atoms with Gasteiger partial charge in [0, 0.05) is 67.9 Å². The summed E-state index contributed by atoms with van der Waals surface area (Å²) in [5.41, 5.74) is 3.58. The van der Waals surface area contributed by atoms with E-state index in [1.54, 1.807) is 13.0 Å². The molecule has 0 aromatic heterocycles. The van der Waals surface area contributed by atoms with Gasteiger partial charge in [-0.2, -0.15) is 0 Å². The predicted octanol–water partition coefficient (Wildman–Crippen LogP) is 5.52. The molecule has 51 heavy (non-hydrogen) atoms. The topological polar surface area (TPSA) is 91.4 Å². The number of benzene rings is 2. The SMILES string of the molecule is C[C@@H]1[C@@H](C)C/C=C/[C@H](CN2CCN3CCOC[C@@H]3C2)[C@@H]2CC[C@H]2CN2C[C@@]3(CCCc4cc(Cl)ccc43)COc3ccc(cc32)C(=O)NS1(=O)=O. The van der Waals surface area contributed by atoms with Crippen molar-refractivity contribution in [2.45, 2.75) is 69.1 Å². The van der Waals surface area contributed by atoms with Crippen LogP contribution in [0.15, 0.2) is 48.6 Å². The summed E-state index contributed by atoms with van der Waals surface area (Å²) in [5.74, 6) is 1.36. The molecule has 1 amide bonds. The molecule has 8 rings (SSSR count). The van der Waals surface area contributed by atoms with Gasteiger partial charge in [0.15, 0.2) is 0 Å². The molecule has 7 atom stereocenters. The van der Waals surface area contributed by atoms with Gasteiger partial charge in [0.2, 0.25) is 10.0 Å². The quantitative estimate of drug-likeness (QED) is 0.404. The van der Waals surface area contributed by atoms with Gasteiger partial charge < -0.3 is 14.4 Å². The van der Waals surface area contributed by atoms with Gasteiger partial charge in [0.05, 0.1) is 30.8 Å². The van der Waals surface area contributed by atoms with Crippen LogP contribution in [0.3, 0.4) is 0 Å². The van der Waals surface area contributed by atoms with Crippen molar-refractivity contribution in [2.75, 3.05) is 70.5 Å². The number of nitrogens with one attached hydrogen (secondary N) is 1. The van der Waals surface area contributed by atoms with Crippen LogP contribution in [-0.4, -0.2) is 101 Å². The molecule has 11 heteroatoms. The Labute approximate surface area is 308 Å². The number of nitrogens with zero attached hydrogens (tertiary/aromatic N) is 3. The Morgan fingerprint density at radius 2 is 1.94 bits per heavy atom. The molecule has 4 heterocycles. The Hall–Kier alpha value is -2.63. The van der Waals surface area contributed by atoms with Crippen molar-refractivity contribution in [1.29, 1.82) is 0 Å². The normalized spacial score (nSPS) is 34.9. The van der Waals surface area contributed by atoms with E-state index in [1.807, 2.05) is 25.1 Å². The second kappa shape index (κ2) is 14.3. The number of amides is 1. The molecule has 2 aromatic carbocycles. The smallest absolute Gasteiger partial charge is 0.264 e. The second-order valence-corrected chi connectivity index (χ2v) is 18.8. The number of aryl methyl sites for hydroxylation is 1. The zero-order valence-corrected chi connectivity index (χ0v) is 31.6. The minimum Gasteiger partial charge on any atom is -0.490 e. The molecule has 1 N–H and O–H groups in total. The maximum absolute atomic E-state index is 13.6. The van der Waals surface area contributed by atoms with E-state index in [-0.39, 0.29) is 11.3 Å². The predicted molar refractivity (Wildman–Crippen MR) is 201 cm³/mol. The number of hydrogen-bond donors (Lipinski definition) is 1. The average molecular weight is 737 g/mol. The Kier molecular flexibility index (Phi) is 9.93. The summed E-state index contributed by atoms with van der Waals surface area (Å²) in [6, 6.07) is 12.2. The number of rotatable bonds is 2. The molecular weight excluding hydrogens is 684 g/mol. The van der Waals surface area contributed by atoms with Crippen LogP contribution in [0.5, 0.6) is 5.75 Å². The molecule has 2 saturated heterocycles. The van der Waals surface area contributed by atoms with Crippen molar-refractivity contribution in [3.63, 3.8) is 0 Å². The van der Waals surface area contributed by atoms with Crippen LogP contribution in [-0.2, 0) is 26.6 Å². The second-order valence-electron chi connectivity index (χ2n) is 16.3. The van der Waals surface area contributed by atoms with E-state index in [1.165, 1.54) is 17.5 Å². The Morgan fingerprint density at radius 3 is 2.78 bits per heavy atom. The standard InChI is InChI=1S/C40H53ClN4O5S/c1-27-5-3-6-31(21-43-15-16-44-17-18-49-24-34(44)23-43)35-11-8-32(35)22-45-25-40(14-4-7-29-19-33(41)10-12-36(29)40)26-50-38-13-9-30(20-37(38)45)39(46)42-51(47,48)28(27)2/h3,6,9-10,12-13,19-20,27-28,31-32,34-35H,4-5,7-8,11,14-18,21-26H2,1-2H3,(H,42,46)/b6-3+/t27-,28+,31+,32-,34-,35-,40-/m0/s1. The number of fused-ring (bicyclic) bond motifs is 5. The summed E-state index contributed by atoms with van der Waals surface area (Å²) in [5, 5.41) is 0.0328. The summed E-state index contributed by atoms with van der Waals surface area (Å²) in [6.45, 7) is 12.7. The lowest BCUT2D eigenvalue weighted by atomic mass is 9.65. The third kappa shape index (κ3) is 7.08. The van der Waals surface area contributed by atoms with E-state index in [4.69, 9.17) is 21.1 Å². The third-order valence-corrected chi connectivity index (χ3v) is 15.3. The number of halogens is 1. The number of carbonyl (C=O) groups excluding carboxylic acids is 1. The van der Waals surface area contributed by atoms with E-state index in [0.717, 1.165) is 101 Å². The van der Waals surface area contributed by atoms with Gasteiger partial charge in [-0.25, -0.2) is 13.1 Å². The Bertz CT molecular complexity index is 1770. The van der Waals surface area contributed by atoms with Gasteiger partial charge in [-0.1, -0.05) is 36.7 Å². The van der Waals surface area contributed by atoms with E-state index in [0.29, 0.717) is 42.4 Å². The highest BCUT2D eigenvalue weighted by atomic mass is 35.5. The number of hydrogen-bond acceptors (Lipinski definition) is 8. The highest BCUT2D eigenvalue weighted by Gasteiger charge is 2.45. The van der Waals surface area contributed by atoms with Crippen LogP contribution < -0.4 is 14.4 Å². The maximum atomic E-state index is 13.6. The van der Waals surface area contributed by atoms with Gasteiger partial charge in [-0.15, -0.1) is 0 Å². The Morgan fingerprint density at radius 1 is 1.06 bits per heavy atom. The first kappa shape index (κ1) is 35.4. The molecule has 1 saturated carbocycles. The first-order valence-electron chi connectivity index (χ1n) is 19.2. The van der Waals surface area contributed by atoms with Crippen molar-refractivity contribution in [3.05, 3.63) is 70.3 Å². The minimum absolute atomic E-state index is 0.152. The zero-order chi connectivity index (χ0) is 35.3. The van der Waals surface area contributed by atoms with E-state index in [9.17, 15) is 13.2 Å². The minimum atomic E-state index is -3.91. The largest absolute Gasteiger partial charge is 0.490 e. The molecule has 2 aromatic rings. The molecule has 1 spiro atoms. The van der Waals surface area contributed by atoms with Crippen LogP contribution in [0, 0.1) is 23.7 Å². The molecule has 4 aliphatic heterocycles. The van der Waals surface area contributed by atoms with Crippen molar-refractivity contribution in [2.24, 2.45) is 23.7 Å². The molecule has 3 fully saturated rings.